The zero-order valence-electron chi connectivity index (χ0n) is 9.30. The van der Waals surface area contributed by atoms with Crippen LogP contribution in [0.5, 0.6) is 5.75 Å². The molecule has 0 fully saturated rings. The van der Waals surface area contributed by atoms with Crippen LogP contribution in [0.4, 0.5) is 0 Å². The molecular weight excluding hydrogens is 264 g/mol. The van der Waals surface area contributed by atoms with E-state index in [2.05, 4.69) is 0 Å². The van der Waals surface area contributed by atoms with E-state index in [1.165, 1.54) is 0 Å². The highest BCUT2D eigenvalue weighted by Gasteiger charge is 2.09. The predicted octanol–water partition coefficient (Wildman–Crippen LogP) is 1.52. The SMILES string of the molecule is O=S(=O)(CCO)CCCOc1ccc(Cl)cc1. The number of hydrogen-bond donors (Lipinski definition) is 1. The molecule has 0 atom stereocenters. The Morgan fingerprint density at radius 2 is 1.82 bits per heavy atom. The van der Waals surface area contributed by atoms with E-state index in [0.717, 1.165) is 0 Å². The molecule has 0 aromatic heterocycles. The summed E-state index contributed by atoms with van der Waals surface area (Å²) in [5.41, 5.74) is 0. The minimum Gasteiger partial charge on any atom is -0.494 e. The zero-order valence-corrected chi connectivity index (χ0v) is 10.9. The summed E-state index contributed by atoms with van der Waals surface area (Å²) in [6, 6.07) is 6.87. The first kappa shape index (κ1) is 14.3. The number of sulfone groups is 1. The molecule has 0 aliphatic carbocycles. The van der Waals surface area contributed by atoms with Crippen LogP contribution in [0.2, 0.25) is 5.02 Å². The van der Waals surface area contributed by atoms with Gasteiger partial charge in [0.05, 0.1) is 24.7 Å². The second kappa shape index (κ2) is 6.83. The van der Waals surface area contributed by atoms with E-state index in [-0.39, 0.29) is 18.1 Å². The van der Waals surface area contributed by atoms with E-state index in [9.17, 15) is 8.42 Å². The lowest BCUT2D eigenvalue weighted by molar-refractivity contribution is 0.314. The minimum atomic E-state index is -3.14. The Balaban J connectivity index is 2.27. The highest BCUT2D eigenvalue weighted by molar-refractivity contribution is 7.91. The van der Waals surface area contributed by atoms with Crippen LogP contribution in [0, 0.1) is 0 Å². The molecule has 0 aliphatic heterocycles. The fourth-order valence-corrected chi connectivity index (χ4v) is 2.41. The standard InChI is InChI=1S/C11H15ClO4S/c12-10-2-4-11(5-3-10)16-7-1-8-17(14,15)9-6-13/h2-5,13H,1,6-9H2. The zero-order chi connectivity index (χ0) is 12.7. The molecule has 0 saturated carbocycles. The summed E-state index contributed by atoms with van der Waals surface area (Å²) < 4.78 is 27.9. The first-order valence-corrected chi connectivity index (χ1v) is 7.43. The average molecular weight is 279 g/mol. The molecule has 0 heterocycles. The van der Waals surface area contributed by atoms with E-state index in [1.807, 2.05) is 0 Å². The summed E-state index contributed by atoms with van der Waals surface area (Å²) in [7, 11) is -3.14. The van der Waals surface area contributed by atoms with Crippen LogP contribution in [-0.4, -0.2) is 38.2 Å². The number of aliphatic hydroxyl groups is 1. The van der Waals surface area contributed by atoms with Gasteiger partial charge in [0, 0.05) is 5.02 Å². The maximum atomic E-state index is 11.3. The Labute approximate surface area is 106 Å². The van der Waals surface area contributed by atoms with Crippen molar-refractivity contribution < 1.29 is 18.3 Å². The van der Waals surface area contributed by atoms with Crippen molar-refractivity contribution in [2.45, 2.75) is 6.42 Å². The summed E-state index contributed by atoms with van der Waals surface area (Å²) in [5.74, 6) is 0.503. The topological polar surface area (TPSA) is 63.6 Å². The van der Waals surface area contributed by atoms with Crippen LogP contribution >= 0.6 is 11.6 Å². The van der Waals surface area contributed by atoms with Gasteiger partial charge < -0.3 is 9.84 Å². The molecule has 1 N–H and O–H groups in total. The van der Waals surface area contributed by atoms with E-state index >= 15 is 0 Å². The van der Waals surface area contributed by atoms with Gasteiger partial charge in [-0.15, -0.1) is 0 Å². The summed E-state index contributed by atoms with van der Waals surface area (Å²) in [4.78, 5) is 0. The van der Waals surface area contributed by atoms with E-state index in [0.29, 0.717) is 23.8 Å². The van der Waals surface area contributed by atoms with Crippen LogP contribution in [0.1, 0.15) is 6.42 Å². The van der Waals surface area contributed by atoms with Crippen LogP contribution in [0.15, 0.2) is 24.3 Å². The maximum absolute atomic E-state index is 11.3. The van der Waals surface area contributed by atoms with E-state index in [1.54, 1.807) is 24.3 Å². The van der Waals surface area contributed by atoms with Crippen LogP contribution in [0.25, 0.3) is 0 Å². The molecule has 17 heavy (non-hydrogen) atoms. The molecule has 1 aromatic rings. The molecule has 0 saturated heterocycles. The van der Waals surface area contributed by atoms with E-state index < -0.39 is 9.84 Å². The van der Waals surface area contributed by atoms with Crippen molar-refractivity contribution in [3.05, 3.63) is 29.3 Å². The Kier molecular flexibility index (Phi) is 5.74. The molecule has 0 radical (unpaired) electrons. The largest absolute Gasteiger partial charge is 0.494 e. The van der Waals surface area contributed by atoms with Crippen molar-refractivity contribution in [2.24, 2.45) is 0 Å². The minimum absolute atomic E-state index is 0.0289. The van der Waals surface area contributed by atoms with Gasteiger partial charge in [0.15, 0.2) is 9.84 Å². The third-order valence-electron chi connectivity index (χ3n) is 2.08. The van der Waals surface area contributed by atoms with Crippen molar-refractivity contribution >= 4 is 21.4 Å². The van der Waals surface area contributed by atoms with Crippen LogP contribution in [-0.2, 0) is 9.84 Å². The number of rotatable bonds is 7. The molecule has 0 bridgehead atoms. The molecule has 96 valence electrons. The monoisotopic (exact) mass is 278 g/mol. The Bertz CT molecular complexity index is 427. The van der Waals surface area contributed by atoms with Crippen molar-refractivity contribution in [3.8, 4) is 5.75 Å². The van der Waals surface area contributed by atoms with Gasteiger partial charge in [0.1, 0.15) is 5.75 Å². The summed E-state index contributed by atoms with van der Waals surface area (Å²) in [6.45, 7) is -0.00728. The molecule has 1 aromatic carbocycles. The molecule has 0 unspecified atom stereocenters. The highest BCUT2D eigenvalue weighted by Crippen LogP contribution is 2.15. The number of ether oxygens (including phenoxy) is 1. The van der Waals surface area contributed by atoms with Crippen molar-refractivity contribution in [3.63, 3.8) is 0 Å². The van der Waals surface area contributed by atoms with Gasteiger partial charge in [-0.3, -0.25) is 0 Å². The van der Waals surface area contributed by atoms with Gasteiger partial charge in [0.25, 0.3) is 0 Å². The van der Waals surface area contributed by atoms with Gasteiger partial charge in [-0.1, -0.05) is 11.6 Å². The van der Waals surface area contributed by atoms with Gasteiger partial charge in [-0.2, -0.15) is 0 Å². The quantitative estimate of drug-likeness (QED) is 0.768. The van der Waals surface area contributed by atoms with Crippen LogP contribution in [0.3, 0.4) is 0 Å². The summed E-state index contributed by atoms with van der Waals surface area (Å²) in [6.07, 6.45) is 0.408. The Morgan fingerprint density at radius 3 is 2.41 bits per heavy atom. The predicted molar refractivity (Wildman–Crippen MR) is 67.3 cm³/mol. The highest BCUT2D eigenvalue weighted by atomic mass is 35.5. The van der Waals surface area contributed by atoms with Crippen LogP contribution < -0.4 is 4.74 Å². The van der Waals surface area contributed by atoms with Gasteiger partial charge in [-0.25, -0.2) is 8.42 Å². The molecule has 0 spiro atoms. The normalized spacial score (nSPS) is 11.4. The third kappa shape index (κ3) is 5.91. The Morgan fingerprint density at radius 1 is 1.18 bits per heavy atom. The van der Waals surface area contributed by atoms with E-state index in [4.69, 9.17) is 21.4 Å². The number of benzene rings is 1. The molecule has 1 rings (SSSR count). The van der Waals surface area contributed by atoms with Crippen molar-refractivity contribution in [1.82, 2.24) is 0 Å². The first-order chi connectivity index (χ1) is 8.03. The Hall–Kier alpha value is -0.780. The summed E-state index contributed by atoms with van der Waals surface area (Å²) >= 11 is 5.71. The van der Waals surface area contributed by atoms with Gasteiger partial charge in [-0.05, 0) is 30.7 Å². The van der Waals surface area contributed by atoms with Crippen molar-refractivity contribution in [1.29, 1.82) is 0 Å². The lowest BCUT2D eigenvalue weighted by Crippen LogP contribution is -2.15. The van der Waals surface area contributed by atoms with Gasteiger partial charge in [0.2, 0.25) is 0 Å². The van der Waals surface area contributed by atoms with Crippen molar-refractivity contribution in [2.75, 3.05) is 24.7 Å². The first-order valence-electron chi connectivity index (χ1n) is 5.23. The fraction of sp³-hybridized carbons (Fsp3) is 0.455. The smallest absolute Gasteiger partial charge is 0.152 e. The number of hydrogen-bond acceptors (Lipinski definition) is 4. The molecular formula is C11H15ClO4S. The average Bonchev–Trinajstić information content (AvgIpc) is 2.27. The lowest BCUT2D eigenvalue weighted by atomic mass is 10.3. The molecule has 6 heteroatoms. The number of halogens is 1. The molecule has 0 amide bonds. The number of aliphatic hydroxyl groups excluding tert-OH is 1. The summed E-state index contributed by atoms with van der Waals surface area (Å²) in [5, 5.41) is 9.17. The second-order valence-corrected chi connectivity index (χ2v) is 6.27. The molecule has 0 aliphatic rings. The molecule has 4 nitrogen and oxygen atoms in total. The fourth-order valence-electron chi connectivity index (χ4n) is 1.24. The van der Waals surface area contributed by atoms with Gasteiger partial charge >= 0.3 is 0 Å². The maximum Gasteiger partial charge on any atom is 0.152 e. The second-order valence-electron chi connectivity index (χ2n) is 3.53. The third-order valence-corrected chi connectivity index (χ3v) is 4.05. The lowest BCUT2D eigenvalue weighted by Gasteiger charge is -2.06.